The lowest BCUT2D eigenvalue weighted by atomic mass is 9.94. The lowest BCUT2D eigenvalue weighted by Crippen LogP contribution is -2.18. The van der Waals surface area contributed by atoms with Crippen LogP contribution in [-0.2, 0) is 17.6 Å². The number of hydrazone groups is 1. The molecule has 1 N–H and O–H groups in total. The molecule has 0 saturated carbocycles. The van der Waals surface area contributed by atoms with E-state index >= 15 is 0 Å². The number of allylic oxidation sites excluding steroid dienone is 5. The zero-order chi connectivity index (χ0) is 29.5. The van der Waals surface area contributed by atoms with Gasteiger partial charge < -0.3 is 4.74 Å². The van der Waals surface area contributed by atoms with Crippen LogP contribution in [0.4, 0.5) is 0 Å². The van der Waals surface area contributed by atoms with Gasteiger partial charge in [-0.2, -0.15) is 0 Å². The number of nitrogens with one attached hydrogen (secondary N) is 1. The molecule has 0 amide bonds. The molecule has 0 spiro atoms. The summed E-state index contributed by atoms with van der Waals surface area (Å²) in [6.07, 6.45) is 7.01. The Hall–Kier alpha value is -2.51. The second-order valence-corrected chi connectivity index (χ2v) is 12.0. The van der Waals surface area contributed by atoms with Crippen molar-refractivity contribution in [2.45, 2.75) is 65.0 Å². The van der Waals surface area contributed by atoms with Crippen molar-refractivity contribution in [3.8, 4) is 5.69 Å². The predicted molar refractivity (Wildman–Crippen MR) is 175 cm³/mol. The van der Waals surface area contributed by atoms with Gasteiger partial charge in [-0.15, -0.1) is 5.10 Å². The van der Waals surface area contributed by atoms with Crippen LogP contribution in [0.25, 0.3) is 5.69 Å². The monoisotopic (exact) mass is 674 g/mol. The second-order valence-electron chi connectivity index (χ2n) is 9.84. The van der Waals surface area contributed by atoms with Gasteiger partial charge in [-0.05, 0) is 73.4 Å². The van der Waals surface area contributed by atoms with Crippen LogP contribution in [0.2, 0.25) is 5.02 Å². The van der Waals surface area contributed by atoms with Gasteiger partial charge in [0.25, 0.3) is 0 Å². The van der Waals surface area contributed by atoms with E-state index in [-0.39, 0.29) is 5.92 Å². The highest BCUT2D eigenvalue weighted by molar-refractivity contribution is 9.10. The summed E-state index contributed by atoms with van der Waals surface area (Å²) in [7, 11) is 0. The van der Waals surface area contributed by atoms with Crippen molar-refractivity contribution in [1.29, 1.82) is 0 Å². The van der Waals surface area contributed by atoms with E-state index < -0.39 is 6.23 Å². The Bertz CT molecular complexity index is 1460. The predicted octanol–water partition coefficient (Wildman–Crippen LogP) is 10.1. The van der Waals surface area contributed by atoms with E-state index in [0.29, 0.717) is 33.0 Å². The molecule has 0 fully saturated rings. The third-order valence-corrected chi connectivity index (χ3v) is 8.31. The van der Waals surface area contributed by atoms with Crippen molar-refractivity contribution < 1.29 is 4.74 Å². The third kappa shape index (κ3) is 7.66. The summed E-state index contributed by atoms with van der Waals surface area (Å²) >= 11 is 22.5. The van der Waals surface area contributed by atoms with Crippen molar-refractivity contribution in [3.05, 3.63) is 115 Å². The quantitative estimate of drug-likeness (QED) is 0.194. The molecule has 5 nitrogen and oxygen atoms in total. The van der Waals surface area contributed by atoms with E-state index in [1.165, 1.54) is 0 Å². The minimum absolute atomic E-state index is 0.0116. The Morgan fingerprint density at radius 3 is 2.46 bits per heavy atom. The maximum Gasteiger partial charge on any atom is 0.231 e. The standard InChI is InChI=1S/C32H34BrCl3N4O/c1-5-8-26(21-10-14-24(35)15-11-21)31-38-39-32(41-31)30-28(9-6-2)40(25-16-12-22(33)13-17-25)29(37-30)18-20(4)27(36)19-23(34)7-3/h7,10-17,19,26,32,39H,4-6,8-9,18H2,1-3H3/b23-7+,27-19+. The Labute approximate surface area is 266 Å². The summed E-state index contributed by atoms with van der Waals surface area (Å²) in [6, 6.07) is 16.1. The van der Waals surface area contributed by atoms with E-state index in [4.69, 9.17) is 44.5 Å². The highest BCUT2D eigenvalue weighted by Gasteiger charge is 2.33. The normalized spacial score (nSPS) is 16.3. The van der Waals surface area contributed by atoms with Crippen molar-refractivity contribution in [1.82, 2.24) is 15.0 Å². The summed E-state index contributed by atoms with van der Waals surface area (Å²) in [5.41, 5.74) is 7.90. The van der Waals surface area contributed by atoms with Crippen molar-refractivity contribution in [3.63, 3.8) is 0 Å². The van der Waals surface area contributed by atoms with E-state index in [1.807, 2.05) is 43.3 Å². The summed E-state index contributed by atoms with van der Waals surface area (Å²) in [5, 5.41) is 6.40. The number of hydrogen-bond acceptors (Lipinski definition) is 4. The molecule has 0 radical (unpaired) electrons. The number of ether oxygens (including phenoxy) is 1. The molecule has 0 aliphatic carbocycles. The molecular weight excluding hydrogens is 643 g/mol. The van der Waals surface area contributed by atoms with E-state index in [0.717, 1.165) is 58.6 Å². The minimum Gasteiger partial charge on any atom is -0.448 e. The van der Waals surface area contributed by atoms with Crippen molar-refractivity contribution in [2.75, 3.05) is 0 Å². The fraction of sp³-hybridized carbons (Fsp3) is 0.312. The van der Waals surface area contributed by atoms with Crippen LogP contribution in [0, 0.1) is 0 Å². The Kier molecular flexibility index (Phi) is 11.2. The van der Waals surface area contributed by atoms with Crippen LogP contribution in [0.15, 0.2) is 92.5 Å². The molecule has 2 aromatic carbocycles. The average Bonchev–Trinajstić information content (AvgIpc) is 3.58. The van der Waals surface area contributed by atoms with Gasteiger partial charge >= 0.3 is 0 Å². The molecule has 216 valence electrons. The van der Waals surface area contributed by atoms with Gasteiger partial charge in [0.15, 0.2) is 0 Å². The Morgan fingerprint density at radius 2 is 1.83 bits per heavy atom. The first-order chi connectivity index (χ1) is 19.7. The highest BCUT2D eigenvalue weighted by Crippen LogP contribution is 2.34. The van der Waals surface area contributed by atoms with Gasteiger partial charge in [0.1, 0.15) is 11.5 Å². The Morgan fingerprint density at radius 1 is 1.12 bits per heavy atom. The van der Waals surface area contributed by atoms with Gasteiger partial charge in [0, 0.05) is 31.7 Å². The SMILES string of the molecule is C=C(Cc1nc(C2NN=C(C(CCC)c3ccc(Cl)cc3)O2)c(CCC)n1-c1ccc(Br)cc1)/C(Cl)=C\C(Cl)=C/C. The number of halogens is 4. The van der Waals surface area contributed by atoms with Gasteiger partial charge in [0.05, 0.1) is 11.6 Å². The zero-order valence-corrected chi connectivity index (χ0v) is 27.3. The number of benzene rings is 2. The molecule has 0 saturated heterocycles. The average molecular weight is 677 g/mol. The van der Waals surface area contributed by atoms with E-state index in [9.17, 15) is 0 Å². The topological polar surface area (TPSA) is 51.4 Å². The first-order valence-corrected chi connectivity index (χ1v) is 15.7. The third-order valence-electron chi connectivity index (χ3n) is 6.82. The summed E-state index contributed by atoms with van der Waals surface area (Å²) in [4.78, 5) is 5.13. The summed E-state index contributed by atoms with van der Waals surface area (Å²) in [5.74, 6) is 1.47. The van der Waals surface area contributed by atoms with Crippen LogP contribution in [0.1, 0.15) is 75.0 Å². The van der Waals surface area contributed by atoms with E-state index in [2.05, 4.69) is 63.6 Å². The molecule has 9 heteroatoms. The summed E-state index contributed by atoms with van der Waals surface area (Å²) < 4.78 is 9.70. The van der Waals surface area contributed by atoms with E-state index in [1.54, 1.807) is 12.2 Å². The van der Waals surface area contributed by atoms with Gasteiger partial charge in [-0.25, -0.2) is 4.98 Å². The molecule has 41 heavy (non-hydrogen) atoms. The van der Waals surface area contributed by atoms with Crippen LogP contribution >= 0.6 is 50.7 Å². The van der Waals surface area contributed by atoms with Gasteiger partial charge in [-0.1, -0.05) is 102 Å². The lowest BCUT2D eigenvalue weighted by Gasteiger charge is -2.18. The van der Waals surface area contributed by atoms with Crippen molar-refractivity contribution in [2.24, 2.45) is 5.10 Å². The fourth-order valence-corrected chi connectivity index (χ4v) is 5.53. The van der Waals surface area contributed by atoms with Gasteiger partial charge in [-0.3, -0.25) is 9.99 Å². The zero-order valence-electron chi connectivity index (χ0n) is 23.4. The largest absolute Gasteiger partial charge is 0.448 e. The smallest absolute Gasteiger partial charge is 0.231 e. The van der Waals surface area contributed by atoms with Gasteiger partial charge in [0.2, 0.25) is 12.1 Å². The number of hydrogen-bond donors (Lipinski definition) is 1. The molecule has 2 heterocycles. The summed E-state index contributed by atoms with van der Waals surface area (Å²) in [6.45, 7) is 10.4. The first kappa shape index (κ1) is 31.4. The number of imidazole rings is 1. The lowest BCUT2D eigenvalue weighted by molar-refractivity contribution is 0.177. The second kappa shape index (κ2) is 14.6. The molecule has 2 atom stereocenters. The van der Waals surface area contributed by atoms with Crippen LogP contribution in [0.3, 0.4) is 0 Å². The molecule has 0 bridgehead atoms. The maximum absolute atomic E-state index is 6.59. The fourth-order valence-electron chi connectivity index (χ4n) is 4.80. The Balaban J connectivity index is 1.72. The van der Waals surface area contributed by atoms with Crippen molar-refractivity contribution >= 4 is 56.6 Å². The molecule has 1 aliphatic rings. The van der Waals surface area contributed by atoms with Crippen LogP contribution in [-0.4, -0.2) is 15.4 Å². The van der Waals surface area contributed by atoms with Crippen LogP contribution < -0.4 is 5.43 Å². The molecule has 3 aromatic rings. The number of aromatic nitrogens is 2. The minimum atomic E-state index is -0.523. The molecule has 1 aromatic heterocycles. The highest BCUT2D eigenvalue weighted by atomic mass is 79.9. The molecule has 1 aliphatic heterocycles. The molecular formula is C32H34BrCl3N4O. The number of rotatable bonds is 12. The number of nitrogens with zero attached hydrogens (tertiary/aromatic N) is 3. The maximum atomic E-state index is 6.59. The first-order valence-electron chi connectivity index (χ1n) is 13.7. The molecule has 2 unspecified atom stereocenters. The van der Waals surface area contributed by atoms with Crippen LogP contribution in [0.5, 0.6) is 0 Å². The molecule has 4 rings (SSSR count).